The van der Waals surface area contributed by atoms with Gasteiger partial charge in [0, 0.05) is 10.6 Å². The first-order valence-corrected chi connectivity index (χ1v) is 6.74. The van der Waals surface area contributed by atoms with Gasteiger partial charge in [0.15, 0.2) is 0 Å². The lowest BCUT2D eigenvalue weighted by Crippen LogP contribution is -2.13. The highest BCUT2D eigenvalue weighted by Gasteiger charge is 2.13. The highest BCUT2D eigenvalue weighted by atomic mass is 35.5. The molecule has 1 aromatic heterocycles. The van der Waals surface area contributed by atoms with Crippen LogP contribution in [-0.4, -0.2) is 9.97 Å². The number of hydrogen-bond acceptors (Lipinski definition) is 2. The average molecular weight is 284 g/mol. The molecular formula is C16H14ClN3. The van der Waals surface area contributed by atoms with E-state index in [1.54, 1.807) is 6.20 Å². The molecule has 0 radical (unpaired) electrons. The van der Waals surface area contributed by atoms with E-state index < -0.39 is 0 Å². The molecule has 0 fully saturated rings. The highest BCUT2D eigenvalue weighted by Crippen LogP contribution is 2.27. The van der Waals surface area contributed by atoms with E-state index >= 15 is 0 Å². The second kappa shape index (κ2) is 5.49. The number of aromatic nitrogens is 2. The third-order valence-electron chi connectivity index (χ3n) is 3.21. The predicted octanol–water partition coefficient (Wildman–Crippen LogP) is 3.78. The van der Waals surface area contributed by atoms with Crippen LogP contribution in [0.3, 0.4) is 0 Å². The van der Waals surface area contributed by atoms with Crippen molar-refractivity contribution in [2.45, 2.75) is 6.04 Å². The van der Waals surface area contributed by atoms with E-state index in [1.807, 2.05) is 54.6 Å². The van der Waals surface area contributed by atoms with E-state index in [9.17, 15) is 0 Å². The van der Waals surface area contributed by atoms with Gasteiger partial charge in [-0.1, -0.05) is 60.1 Å². The van der Waals surface area contributed by atoms with E-state index in [0.717, 1.165) is 22.6 Å². The highest BCUT2D eigenvalue weighted by molar-refractivity contribution is 6.33. The lowest BCUT2D eigenvalue weighted by atomic mass is 10.1. The van der Waals surface area contributed by atoms with Crippen LogP contribution in [0.25, 0.3) is 11.3 Å². The summed E-state index contributed by atoms with van der Waals surface area (Å²) in [5.41, 5.74) is 9.04. The fourth-order valence-corrected chi connectivity index (χ4v) is 2.37. The first-order valence-electron chi connectivity index (χ1n) is 6.36. The molecule has 1 atom stereocenters. The summed E-state index contributed by atoms with van der Waals surface area (Å²) in [5, 5.41) is 0.691. The van der Waals surface area contributed by atoms with Gasteiger partial charge in [-0.25, -0.2) is 4.98 Å². The Morgan fingerprint density at radius 1 is 1.00 bits per heavy atom. The summed E-state index contributed by atoms with van der Waals surface area (Å²) in [6, 6.07) is 17.3. The topological polar surface area (TPSA) is 54.7 Å². The lowest BCUT2D eigenvalue weighted by Gasteiger charge is -2.08. The summed E-state index contributed by atoms with van der Waals surface area (Å²) in [6.45, 7) is 0. The number of hydrogen-bond donors (Lipinski definition) is 2. The molecule has 3 rings (SSSR count). The summed E-state index contributed by atoms with van der Waals surface area (Å²) >= 11 is 6.19. The predicted molar refractivity (Wildman–Crippen MR) is 81.5 cm³/mol. The number of H-pyrrole nitrogens is 1. The molecule has 1 heterocycles. The van der Waals surface area contributed by atoms with Gasteiger partial charge in [0.25, 0.3) is 0 Å². The van der Waals surface area contributed by atoms with Crippen molar-refractivity contribution < 1.29 is 0 Å². The van der Waals surface area contributed by atoms with E-state index in [4.69, 9.17) is 17.3 Å². The third kappa shape index (κ3) is 2.46. The Labute approximate surface area is 122 Å². The Bertz CT molecular complexity index is 707. The molecule has 3 N–H and O–H groups in total. The maximum atomic E-state index is 6.22. The van der Waals surface area contributed by atoms with Crippen molar-refractivity contribution in [3.05, 3.63) is 77.2 Å². The molecule has 0 bridgehead atoms. The Kier molecular flexibility index (Phi) is 3.54. The van der Waals surface area contributed by atoms with Gasteiger partial charge in [0.1, 0.15) is 5.82 Å². The van der Waals surface area contributed by atoms with Crippen LogP contribution in [0, 0.1) is 0 Å². The molecule has 100 valence electrons. The molecule has 0 saturated carbocycles. The van der Waals surface area contributed by atoms with Gasteiger partial charge in [0.2, 0.25) is 0 Å². The van der Waals surface area contributed by atoms with Gasteiger partial charge >= 0.3 is 0 Å². The Hall–Kier alpha value is -2.10. The minimum atomic E-state index is -0.271. The Morgan fingerprint density at radius 3 is 2.45 bits per heavy atom. The molecule has 3 nitrogen and oxygen atoms in total. The first kappa shape index (κ1) is 12.9. The molecule has 0 aliphatic heterocycles. The minimum Gasteiger partial charge on any atom is -0.340 e. The number of imidazole rings is 1. The van der Waals surface area contributed by atoms with Crippen LogP contribution in [0.4, 0.5) is 0 Å². The van der Waals surface area contributed by atoms with Gasteiger partial charge in [-0.3, -0.25) is 0 Å². The third-order valence-corrected chi connectivity index (χ3v) is 3.54. The van der Waals surface area contributed by atoms with Crippen molar-refractivity contribution in [2.24, 2.45) is 5.73 Å². The molecule has 2 aromatic carbocycles. The van der Waals surface area contributed by atoms with Crippen molar-refractivity contribution >= 4 is 11.6 Å². The maximum absolute atomic E-state index is 6.22. The molecule has 3 aromatic rings. The maximum Gasteiger partial charge on any atom is 0.128 e. The zero-order chi connectivity index (χ0) is 13.9. The van der Waals surface area contributed by atoms with Gasteiger partial charge in [0.05, 0.1) is 17.9 Å². The summed E-state index contributed by atoms with van der Waals surface area (Å²) < 4.78 is 0. The van der Waals surface area contributed by atoms with Crippen LogP contribution in [0.1, 0.15) is 17.4 Å². The van der Waals surface area contributed by atoms with Crippen LogP contribution >= 0.6 is 11.6 Å². The zero-order valence-electron chi connectivity index (χ0n) is 10.8. The largest absolute Gasteiger partial charge is 0.340 e. The summed E-state index contributed by atoms with van der Waals surface area (Å²) in [6.07, 6.45) is 1.76. The molecule has 0 spiro atoms. The van der Waals surface area contributed by atoms with E-state index in [1.165, 1.54) is 0 Å². The zero-order valence-corrected chi connectivity index (χ0v) is 11.5. The average Bonchev–Trinajstić information content (AvgIpc) is 2.97. The normalized spacial score (nSPS) is 12.3. The minimum absolute atomic E-state index is 0.271. The van der Waals surface area contributed by atoms with E-state index in [2.05, 4.69) is 9.97 Å². The standard InChI is InChI=1S/C16H14ClN3/c17-13-9-5-4-8-12(13)14-10-19-16(20-14)15(18)11-6-2-1-3-7-11/h1-10,15H,18H2,(H,19,20). The molecule has 0 aliphatic rings. The quantitative estimate of drug-likeness (QED) is 0.768. The molecular weight excluding hydrogens is 270 g/mol. The number of nitrogens with one attached hydrogen (secondary N) is 1. The van der Waals surface area contributed by atoms with Gasteiger partial charge in [-0.15, -0.1) is 0 Å². The molecule has 0 amide bonds. The number of aromatic amines is 1. The Balaban J connectivity index is 1.93. The van der Waals surface area contributed by atoms with Crippen molar-refractivity contribution in [3.8, 4) is 11.3 Å². The van der Waals surface area contributed by atoms with Crippen LogP contribution in [0.2, 0.25) is 5.02 Å². The van der Waals surface area contributed by atoms with Gasteiger partial charge in [-0.2, -0.15) is 0 Å². The molecule has 4 heteroatoms. The van der Waals surface area contributed by atoms with E-state index in [0.29, 0.717) is 5.02 Å². The van der Waals surface area contributed by atoms with Crippen LogP contribution in [-0.2, 0) is 0 Å². The monoisotopic (exact) mass is 283 g/mol. The summed E-state index contributed by atoms with van der Waals surface area (Å²) in [7, 11) is 0. The van der Waals surface area contributed by atoms with Crippen LogP contribution in [0.15, 0.2) is 60.8 Å². The fraction of sp³-hybridized carbons (Fsp3) is 0.0625. The number of nitrogens with two attached hydrogens (primary N) is 1. The number of halogens is 1. The number of rotatable bonds is 3. The lowest BCUT2D eigenvalue weighted by molar-refractivity contribution is 0.801. The second-order valence-electron chi connectivity index (χ2n) is 4.55. The van der Waals surface area contributed by atoms with Gasteiger partial charge < -0.3 is 10.7 Å². The van der Waals surface area contributed by atoms with Crippen molar-refractivity contribution in [1.29, 1.82) is 0 Å². The van der Waals surface area contributed by atoms with Gasteiger partial charge in [-0.05, 0) is 11.6 Å². The molecule has 0 saturated heterocycles. The first-order chi connectivity index (χ1) is 9.75. The molecule has 1 unspecified atom stereocenters. The Morgan fingerprint density at radius 2 is 1.70 bits per heavy atom. The van der Waals surface area contributed by atoms with Crippen LogP contribution in [0.5, 0.6) is 0 Å². The van der Waals surface area contributed by atoms with Crippen LogP contribution < -0.4 is 5.73 Å². The fourth-order valence-electron chi connectivity index (χ4n) is 2.13. The summed E-state index contributed by atoms with van der Waals surface area (Å²) in [5.74, 6) is 0.728. The SMILES string of the molecule is NC(c1ccccc1)c1ncc(-c2ccccc2Cl)[nH]1. The van der Waals surface area contributed by atoms with Crippen molar-refractivity contribution in [2.75, 3.05) is 0 Å². The van der Waals surface area contributed by atoms with Crippen molar-refractivity contribution in [3.63, 3.8) is 0 Å². The van der Waals surface area contributed by atoms with Crippen molar-refractivity contribution in [1.82, 2.24) is 9.97 Å². The molecule has 0 aliphatic carbocycles. The second-order valence-corrected chi connectivity index (χ2v) is 4.96. The smallest absolute Gasteiger partial charge is 0.128 e. The molecule has 20 heavy (non-hydrogen) atoms. The number of nitrogens with zero attached hydrogens (tertiary/aromatic N) is 1. The summed E-state index contributed by atoms with van der Waals surface area (Å²) in [4.78, 5) is 7.62. The van der Waals surface area contributed by atoms with E-state index in [-0.39, 0.29) is 6.04 Å². The number of benzene rings is 2.